The van der Waals surface area contributed by atoms with Crippen molar-refractivity contribution in [1.29, 1.82) is 0 Å². The first-order valence-corrected chi connectivity index (χ1v) is 7.86. The smallest absolute Gasteiger partial charge is 0.228 e. The van der Waals surface area contributed by atoms with Gasteiger partial charge in [-0.05, 0) is 13.5 Å². The maximum absolute atomic E-state index is 12.6. The van der Waals surface area contributed by atoms with Gasteiger partial charge < -0.3 is 19.4 Å². The molecule has 2 heterocycles. The molecule has 0 aromatic carbocycles. The van der Waals surface area contributed by atoms with Crippen molar-refractivity contribution in [2.45, 2.75) is 26.3 Å². The van der Waals surface area contributed by atoms with E-state index < -0.39 is 0 Å². The minimum Gasteiger partial charge on any atom is -0.383 e. The third kappa shape index (κ3) is 3.74. The molecule has 0 aromatic heterocycles. The topological polar surface area (TPSA) is 53.1 Å². The lowest BCUT2D eigenvalue weighted by atomic mass is 10.1. The standard InChI is InChI=1S/C15H27N3O3/c1-4-16-5-7-17(8-6-16)15(20)13-9-14(19)18(10-13)12(2)11-21-3/h12-13H,4-11H2,1-3H3/t12-,13+/m0/s1. The number of rotatable bonds is 5. The van der Waals surface area contributed by atoms with E-state index in [2.05, 4.69) is 11.8 Å². The van der Waals surface area contributed by atoms with Crippen molar-refractivity contribution in [3.63, 3.8) is 0 Å². The van der Waals surface area contributed by atoms with E-state index in [4.69, 9.17) is 4.74 Å². The molecule has 0 saturated carbocycles. The molecule has 2 amide bonds. The molecule has 2 aliphatic rings. The molecule has 21 heavy (non-hydrogen) atoms. The minimum atomic E-state index is -0.176. The molecule has 6 nitrogen and oxygen atoms in total. The van der Waals surface area contributed by atoms with Gasteiger partial charge in [0.15, 0.2) is 0 Å². The van der Waals surface area contributed by atoms with E-state index in [0.29, 0.717) is 19.6 Å². The van der Waals surface area contributed by atoms with Crippen LogP contribution in [0.1, 0.15) is 20.3 Å². The zero-order valence-corrected chi connectivity index (χ0v) is 13.4. The number of carbonyl (C=O) groups is 2. The molecule has 2 fully saturated rings. The summed E-state index contributed by atoms with van der Waals surface area (Å²) in [6.07, 6.45) is 0.348. The monoisotopic (exact) mass is 297 g/mol. The number of likely N-dealkylation sites (tertiary alicyclic amines) is 1. The second kappa shape index (κ2) is 7.22. The Bertz CT molecular complexity index is 380. The second-order valence-corrected chi connectivity index (χ2v) is 6.01. The molecular formula is C15H27N3O3. The molecular weight excluding hydrogens is 270 g/mol. The highest BCUT2D eigenvalue weighted by Crippen LogP contribution is 2.23. The van der Waals surface area contributed by atoms with Gasteiger partial charge in [-0.1, -0.05) is 6.92 Å². The van der Waals surface area contributed by atoms with E-state index in [9.17, 15) is 9.59 Å². The Balaban J connectivity index is 1.88. The fourth-order valence-electron chi connectivity index (χ4n) is 3.20. The number of hydrogen-bond donors (Lipinski definition) is 0. The largest absolute Gasteiger partial charge is 0.383 e. The highest BCUT2D eigenvalue weighted by atomic mass is 16.5. The maximum atomic E-state index is 12.6. The summed E-state index contributed by atoms with van der Waals surface area (Å²) >= 11 is 0. The molecule has 0 spiro atoms. The van der Waals surface area contributed by atoms with Crippen molar-refractivity contribution in [1.82, 2.24) is 14.7 Å². The van der Waals surface area contributed by atoms with Crippen molar-refractivity contribution in [2.75, 3.05) is 53.0 Å². The Kier molecular flexibility index (Phi) is 5.58. The van der Waals surface area contributed by atoms with E-state index in [1.807, 2.05) is 11.8 Å². The Morgan fingerprint density at radius 2 is 2.00 bits per heavy atom. The van der Waals surface area contributed by atoms with E-state index >= 15 is 0 Å². The number of amides is 2. The molecule has 0 aliphatic carbocycles. The van der Waals surface area contributed by atoms with Gasteiger partial charge in [-0.15, -0.1) is 0 Å². The quantitative estimate of drug-likeness (QED) is 0.719. The molecule has 2 rings (SSSR count). The highest BCUT2D eigenvalue weighted by Gasteiger charge is 2.38. The van der Waals surface area contributed by atoms with Crippen molar-refractivity contribution >= 4 is 11.8 Å². The average molecular weight is 297 g/mol. The van der Waals surface area contributed by atoms with Crippen LogP contribution < -0.4 is 0 Å². The van der Waals surface area contributed by atoms with Gasteiger partial charge in [0.2, 0.25) is 11.8 Å². The molecule has 2 saturated heterocycles. The second-order valence-electron chi connectivity index (χ2n) is 6.01. The summed E-state index contributed by atoms with van der Waals surface area (Å²) < 4.78 is 5.11. The van der Waals surface area contributed by atoms with E-state index in [1.54, 1.807) is 12.0 Å². The van der Waals surface area contributed by atoms with Crippen LogP contribution in [0.25, 0.3) is 0 Å². The summed E-state index contributed by atoms with van der Waals surface area (Å²) in [5.74, 6) is 0.0429. The molecule has 120 valence electrons. The van der Waals surface area contributed by atoms with Gasteiger partial charge in [0.1, 0.15) is 0 Å². The third-order valence-electron chi connectivity index (χ3n) is 4.58. The lowest BCUT2D eigenvalue weighted by Crippen LogP contribution is -2.50. The van der Waals surface area contributed by atoms with Gasteiger partial charge in [0.05, 0.1) is 18.6 Å². The fourth-order valence-corrected chi connectivity index (χ4v) is 3.20. The molecule has 0 unspecified atom stereocenters. The number of likely N-dealkylation sites (N-methyl/N-ethyl adjacent to an activating group) is 1. The molecule has 2 atom stereocenters. The van der Waals surface area contributed by atoms with Crippen LogP contribution in [0, 0.1) is 5.92 Å². The first kappa shape index (κ1) is 16.2. The van der Waals surface area contributed by atoms with Crippen LogP contribution in [0.4, 0.5) is 0 Å². The zero-order valence-electron chi connectivity index (χ0n) is 13.4. The Hall–Kier alpha value is -1.14. The van der Waals surface area contributed by atoms with Crippen LogP contribution in [-0.2, 0) is 14.3 Å². The van der Waals surface area contributed by atoms with Crippen molar-refractivity contribution < 1.29 is 14.3 Å². The fraction of sp³-hybridized carbons (Fsp3) is 0.867. The number of hydrogen-bond acceptors (Lipinski definition) is 4. The molecule has 6 heteroatoms. The predicted molar refractivity (Wildman–Crippen MR) is 79.9 cm³/mol. The molecule has 0 radical (unpaired) electrons. The Labute approximate surface area is 127 Å². The summed E-state index contributed by atoms with van der Waals surface area (Å²) in [5.41, 5.74) is 0. The van der Waals surface area contributed by atoms with Gasteiger partial charge in [-0.25, -0.2) is 0 Å². The van der Waals surface area contributed by atoms with Crippen molar-refractivity contribution in [3.05, 3.63) is 0 Å². The van der Waals surface area contributed by atoms with E-state index in [-0.39, 0.29) is 23.8 Å². The van der Waals surface area contributed by atoms with Gasteiger partial charge in [0, 0.05) is 46.3 Å². The number of methoxy groups -OCH3 is 1. The van der Waals surface area contributed by atoms with Crippen LogP contribution in [0.3, 0.4) is 0 Å². The normalized spacial score (nSPS) is 25.5. The number of piperazine rings is 1. The minimum absolute atomic E-state index is 0.0391. The predicted octanol–water partition coefficient (Wildman–Crippen LogP) is 0.0339. The van der Waals surface area contributed by atoms with Crippen molar-refractivity contribution in [2.24, 2.45) is 5.92 Å². The van der Waals surface area contributed by atoms with E-state index in [1.165, 1.54) is 0 Å². The Morgan fingerprint density at radius 3 is 2.57 bits per heavy atom. The Morgan fingerprint density at radius 1 is 1.33 bits per heavy atom. The van der Waals surface area contributed by atoms with Gasteiger partial charge in [-0.3, -0.25) is 9.59 Å². The van der Waals surface area contributed by atoms with Gasteiger partial charge in [0.25, 0.3) is 0 Å². The first-order valence-electron chi connectivity index (χ1n) is 7.86. The number of ether oxygens (including phenoxy) is 1. The zero-order chi connectivity index (χ0) is 15.4. The van der Waals surface area contributed by atoms with Crippen molar-refractivity contribution in [3.8, 4) is 0 Å². The van der Waals surface area contributed by atoms with Gasteiger partial charge in [-0.2, -0.15) is 0 Å². The van der Waals surface area contributed by atoms with Crippen LogP contribution in [0.5, 0.6) is 0 Å². The summed E-state index contributed by atoms with van der Waals surface area (Å²) in [4.78, 5) is 30.7. The third-order valence-corrected chi connectivity index (χ3v) is 4.58. The first-order chi connectivity index (χ1) is 10.1. The van der Waals surface area contributed by atoms with Crippen LogP contribution in [-0.4, -0.2) is 85.5 Å². The van der Waals surface area contributed by atoms with Gasteiger partial charge >= 0.3 is 0 Å². The lowest BCUT2D eigenvalue weighted by molar-refractivity contribution is -0.137. The molecule has 0 bridgehead atoms. The lowest BCUT2D eigenvalue weighted by Gasteiger charge is -2.35. The number of carbonyl (C=O) groups excluding carboxylic acids is 2. The number of nitrogens with zero attached hydrogens (tertiary/aromatic N) is 3. The maximum Gasteiger partial charge on any atom is 0.228 e. The summed E-state index contributed by atoms with van der Waals surface area (Å²) in [6.45, 7) is 9.64. The highest BCUT2D eigenvalue weighted by molar-refractivity contribution is 5.89. The summed E-state index contributed by atoms with van der Waals surface area (Å²) in [7, 11) is 1.63. The summed E-state index contributed by atoms with van der Waals surface area (Å²) in [5, 5.41) is 0. The molecule has 2 aliphatic heterocycles. The van der Waals surface area contributed by atoms with E-state index in [0.717, 1.165) is 32.7 Å². The van der Waals surface area contributed by atoms with Crippen LogP contribution >= 0.6 is 0 Å². The van der Waals surface area contributed by atoms with Crippen LogP contribution in [0.2, 0.25) is 0 Å². The molecule has 0 N–H and O–H groups in total. The molecule has 0 aromatic rings. The van der Waals surface area contributed by atoms with Crippen LogP contribution in [0.15, 0.2) is 0 Å². The summed E-state index contributed by atoms with van der Waals surface area (Å²) in [6, 6.07) is 0.0391. The average Bonchev–Trinajstić information content (AvgIpc) is 2.89. The SMILES string of the molecule is CCN1CCN(C(=O)[C@@H]2CC(=O)N([C@@H](C)COC)C2)CC1.